The van der Waals surface area contributed by atoms with Crippen LogP contribution in [0.4, 0.5) is 4.39 Å². The molecule has 1 aromatic rings. The number of hydrogen-bond acceptors (Lipinski definition) is 4. The van der Waals surface area contributed by atoms with Crippen LogP contribution in [0.1, 0.15) is 25.3 Å². The molecule has 1 rings (SSSR count). The number of hydrogen-bond donors (Lipinski definition) is 2. The van der Waals surface area contributed by atoms with Crippen LogP contribution in [0.15, 0.2) is 23.1 Å². The number of sulfonamides is 1. The van der Waals surface area contributed by atoms with Crippen molar-refractivity contribution >= 4 is 10.0 Å². The van der Waals surface area contributed by atoms with E-state index in [4.69, 9.17) is 5.26 Å². The van der Waals surface area contributed by atoms with Crippen molar-refractivity contribution in [1.82, 2.24) is 4.72 Å². The lowest BCUT2D eigenvalue weighted by atomic mass is 10.2. The predicted octanol–water partition coefficient (Wildman–Crippen LogP) is 1.14. The topological polar surface area (TPSA) is 90.2 Å². The third kappa shape index (κ3) is 4.28. The van der Waals surface area contributed by atoms with Crippen LogP contribution >= 0.6 is 0 Å². The van der Waals surface area contributed by atoms with E-state index in [2.05, 4.69) is 4.72 Å². The van der Waals surface area contributed by atoms with Gasteiger partial charge in [-0.2, -0.15) is 5.26 Å². The molecule has 7 heteroatoms. The van der Waals surface area contributed by atoms with Crippen LogP contribution in [0, 0.1) is 17.1 Å². The highest BCUT2D eigenvalue weighted by atomic mass is 32.2. The average Bonchev–Trinajstić information content (AvgIpc) is 2.37. The molecular formula is C12H15FN2O3S. The number of aliphatic hydroxyl groups excluding tert-OH is 1. The van der Waals surface area contributed by atoms with Crippen LogP contribution < -0.4 is 4.72 Å². The maximum absolute atomic E-state index is 13.6. The van der Waals surface area contributed by atoms with Gasteiger partial charge in [0, 0.05) is 6.54 Å². The van der Waals surface area contributed by atoms with Crippen molar-refractivity contribution in [2.24, 2.45) is 0 Å². The van der Waals surface area contributed by atoms with E-state index < -0.39 is 26.8 Å². The highest BCUT2D eigenvalue weighted by molar-refractivity contribution is 7.89. The molecule has 5 nitrogen and oxygen atoms in total. The highest BCUT2D eigenvalue weighted by Crippen LogP contribution is 2.15. The van der Waals surface area contributed by atoms with Crippen LogP contribution in [0.5, 0.6) is 0 Å². The van der Waals surface area contributed by atoms with E-state index in [1.54, 1.807) is 13.0 Å². The van der Waals surface area contributed by atoms with E-state index in [1.807, 2.05) is 0 Å². The number of rotatable bonds is 6. The van der Waals surface area contributed by atoms with E-state index >= 15 is 0 Å². The minimum absolute atomic E-state index is 0.0246. The molecule has 1 atom stereocenters. The summed E-state index contributed by atoms with van der Waals surface area (Å²) in [5, 5.41) is 17.9. The second-order valence-corrected chi connectivity index (χ2v) is 5.74. The zero-order valence-electron chi connectivity index (χ0n) is 10.4. The smallest absolute Gasteiger partial charge is 0.243 e. The lowest BCUT2D eigenvalue weighted by molar-refractivity contribution is 0.162. The van der Waals surface area contributed by atoms with Crippen LogP contribution in [-0.2, 0) is 10.0 Å². The van der Waals surface area contributed by atoms with E-state index in [1.165, 1.54) is 6.07 Å². The van der Waals surface area contributed by atoms with Gasteiger partial charge >= 0.3 is 0 Å². The van der Waals surface area contributed by atoms with Gasteiger partial charge in [-0.05, 0) is 31.0 Å². The quantitative estimate of drug-likeness (QED) is 0.820. The van der Waals surface area contributed by atoms with E-state index in [-0.39, 0.29) is 18.5 Å². The van der Waals surface area contributed by atoms with Gasteiger partial charge in [0.2, 0.25) is 10.0 Å². The summed E-state index contributed by atoms with van der Waals surface area (Å²) < 4.78 is 39.4. The van der Waals surface area contributed by atoms with Crippen LogP contribution in [0.3, 0.4) is 0 Å². The van der Waals surface area contributed by atoms with Gasteiger partial charge in [-0.3, -0.25) is 0 Å². The van der Waals surface area contributed by atoms with E-state index in [0.717, 1.165) is 12.1 Å². The molecule has 0 bridgehead atoms. The number of aliphatic hydroxyl groups is 1. The minimum atomic E-state index is -3.97. The van der Waals surface area contributed by atoms with Crippen LogP contribution in [-0.4, -0.2) is 26.2 Å². The first-order chi connectivity index (χ1) is 8.90. The monoisotopic (exact) mass is 286 g/mol. The molecule has 0 aliphatic carbocycles. The van der Waals surface area contributed by atoms with Crippen molar-refractivity contribution in [2.45, 2.75) is 30.8 Å². The van der Waals surface area contributed by atoms with Gasteiger partial charge in [0.1, 0.15) is 10.7 Å². The summed E-state index contributed by atoms with van der Waals surface area (Å²) in [6, 6.07) is 4.88. The molecule has 0 heterocycles. The van der Waals surface area contributed by atoms with Gasteiger partial charge in [-0.1, -0.05) is 6.92 Å². The standard InChI is InChI=1S/C12H15FN2O3S/c1-2-10(16)5-6-15-19(17,18)12-4-3-9(8-14)7-11(12)13/h3-4,7,10,15-16H,2,5-6H2,1H3. The summed E-state index contributed by atoms with van der Waals surface area (Å²) in [5.41, 5.74) is 0.0536. The van der Waals surface area contributed by atoms with Crippen molar-refractivity contribution in [3.63, 3.8) is 0 Å². The molecule has 0 fully saturated rings. The zero-order chi connectivity index (χ0) is 14.5. The molecule has 0 aromatic heterocycles. The molecule has 0 amide bonds. The van der Waals surface area contributed by atoms with Gasteiger partial charge in [-0.15, -0.1) is 0 Å². The Morgan fingerprint density at radius 3 is 2.74 bits per heavy atom. The fraction of sp³-hybridized carbons (Fsp3) is 0.417. The normalized spacial score (nSPS) is 12.9. The number of benzene rings is 1. The molecular weight excluding hydrogens is 271 g/mol. The predicted molar refractivity (Wildman–Crippen MR) is 67.2 cm³/mol. The molecule has 0 saturated heterocycles. The summed E-state index contributed by atoms with van der Waals surface area (Å²) >= 11 is 0. The molecule has 1 aromatic carbocycles. The number of halogens is 1. The third-order valence-corrected chi connectivity index (χ3v) is 4.09. The largest absolute Gasteiger partial charge is 0.393 e. The van der Waals surface area contributed by atoms with Gasteiger partial charge in [0.05, 0.1) is 17.7 Å². The first-order valence-electron chi connectivity index (χ1n) is 5.78. The first-order valence-corrected chi connectivity index (χ1v) is 7.26. The van der Waals surface area contributed by atoms with Gasteiger partial charge in [0.15, 0.2) is 0 Å². The average molecular weight is 286 g/mol. The zero-order valence-corrected chi connectivity index (χ0v) is 11.2. The summed E-state index contributed by atoms with van der Waals surface area (Å²) in [7, 11) is -3.97. The van der Waals surface area contributed by atoms with Gasteiger partial charge in [0.25, 0.3) is 0 Å². The number of nitrogens with one attached hydrogen (secondary N) is 1. The Kier molecular flexibility index (Phi) is 5.42. The Labute approximate surface area is 111 Å². The Morgan fingerprint density at radius 2 is 2.21 bits per heavy atom. The maximum atomic E-state index is 13.6. The molecule has 1 unspecified atom stereocenters. The molecule has 0 saturated carbocycles. The van der Waals surface area contributed by atoms with Crippen molar-refractivity contribution in [1.29, 1.82) is 5.26 Å². The molecule has 2 N–H and O–H groups in total. The Hall–Kier alpha value is -1.49. The van der Waals surface area contributed by atoms with Crippen molar-refractivity contribution in [3.05, 3.63) is 29.6 Å². The van der Waals surface area contributed by atoms with E-state index in [0.29, 0.717) is 6.42 Å². The maximum Gasteiger partial charge on any atom is 0.243 e. The minimum Gasteiger partial charge on any atom is -0.393 e. The summed E-state index contributed by atoms with van der Waals surface area (Å²) in [4.78, 5) is -0.502. The Bertz CT molecular complexity index is 581. The SMILES string of the molecule is CCC(O)CCNS(=O)(=O)c1ccc(C#N)cc1F. The fourth-order valence-electron chi connectivity index (χ4n) is 1.43. The van der Waals surface area contributed by atoms with Crippen molar-refractivity contribution in [2.75, 3.05) is 6.54 Å². The second kappa shape index (κ2) is 6.61. The molecule has 0 radical (unpaired) electrons. The third-order valence-electron chi connectivity index (χ3n) is 2.59. The first kappa shape index (κ1) is 15.6. The Balaban J connectivity index is 2.81. The number of nitrogens with zero attached hydrogens (tertiary/aromatic N) is 1. The second-order valence-electron chi connectivity index (χ2n) is 4.01. The van der Waals surface area contributed by atoms with Gasteiger partial charge < -0.3 is 5.11 Å². The number of nitriles is 1. The van der Waals surface area contributed by atoms with Crippen molar-refractivity contribution in [3.8, 4) is 6.07 Å². The Morgan fingerprint density at radius 1 is 1.53 bits per heavy atom. The molecule has 104 valence electrons. The van der Waals surface area contributed by atoms with Crippen LogP contribution in [0.2, 0.25) is 0 Å². The molecule has 0 aliphatic heterocycles. The highest BCUT2D eigenvalue weighted by Gasteiger charge is 2.19. The summed E-state index contributed by atoms with van der Waals surface area (Å²) in [6.45, 7) is 1.80. The lowest BCUT2D eigenvalue weighted by Gasteiger charge is -2.10. The lowest BCUT2D eigenvalue weighted by Crippen LogP contribution is -2.28. The molecule has 19 heavy (non-hydrogen) atoms. The summed E-state index contributed by atoms with van der Waals surface area (Å²) in [6.07, 6.45) is 0.189. The fourth-order valence-corrected chi connectivity index (χ4v) is 2.54. The van der Waals surface area contributed by atoms with Crippen molar-refractivity contribution < 1.29 is 17.9 Å². The summed E-state index contributed by atoms with van der Waals surface area (Å²) in [5.74, 6) is -0.970. The van der Waals surface area contributed by atoms with E-state index in [9.17, 15) is 17.9 Å². The van der Waals surface area contributed by atoms with Gasteiger partial charge in [-0.25, -0.2) is 17.5 Å². The van der Waals surface area contributed by atoms with Crippen LogP contribution in [0.25, 0.3) is 0 Å². The molecule has 0 aliphatic rings. The molecule has 0 spiro atoms.